The third-order valence-corrected chi connectivity index (χ3v) is 5.63. The van der Waals surface area contributed by atoms with Crippen molar-refractivity contribution in [3.63, 3.8) is 0 Å². The molecular weight excluding hydrogens is 436 g/mol. The second kappa shape index (κ2) is 9.23. The van der Waals surface area contributed by atoms with Crippen molar-refractivity contribution in [1.82, 2.24) is 9.42 Å². The minimum Gasteiger partial charge on any atom is -0.497 e. The summed E-state index contributed by atoms with van der Waals surface area (Å²) in [6, 6.07) is 5.72. The van der Waals surface area contributed by atoms with Gasteiger partial charge in [0.05, 0.1) is 24.1 Å². The van der Waals surface area contributed by atoms with Crippen molar-refractivity contribution >= 4 is 22.1 Å². The second-order valence-corrected chi connectivity index (χ2v) is 10.8. The fourth-order valence-corrected chi connectivity index (χ4v) is 3.89. The van der Waals surface area contributed by atoms with E-state index in [4.69, 9.17) is 14.2 Å². The van der Waals surface area contributed by atoms with Gasteiger partial charge in [0.2, 0.25) is 0 Å². The number of benzene rings is 1. The van der Waals surface area contributed by atoms with Gasteiger partial charge >= 0.3 is 12.1 Å². The van der Waals surface area contributed by atoms with Crippen LogP contribution in [0.4, 0.5) is 4.79 Å². The Morgan fingerprint density at radius 1 is 0.938 bits per heavy atom. The largest absolute Gasteiger partial charge is 0.497 e. The van der Waals surface area contributed by atoms with E-state index in [1.807, 2.05) is 0 Å². The van der Waals surface area contributed by atoms with E-state index >= 15 is 0 Å². The van der Waals surface area contributed by atoms with Crippen molar-refractivity contribution < 1.29 is 32.2 Å². The molecule has 0 aliphatic carbocycles. The molecule has 32 heavy (non-hydrogen) atoms. The number of carbonyl (C=O) groups is 2. The maximum Gasteiger partial charge on any atom is 0.430 e. The van der Waals surface area contributed by atoms with E-state index in [0.29, 0.717) is 5.75 Å². The van der Waals surface area contributed by atoms with Gasteiger partial charge in [-0.15, -0.1) is 0 Å². The quantitative estimate of drug-likeness (QED) is 0.624. The Kier molecular flexibility index (Phi) is 7.29. The summed E-state index contributed by atoms with van der Waals surface area (Å²) >= 11 is 0. The molecule has 0 fully saturated rings. The second-order valence-electron chi connectivity index (χ2n) is 8.99. The molecule has 0 unspecified atom stereocenters. The van der Waals surface area contributed by atoms with Crippen molar-refractivity contribution in [3.05, 3.63) is 48.2 Å². The number of rotatable bonds is 4. The Hall–Kier alpha value is -3.01. The molecule has 0 N–H and O–H groups in total. The van der Waals surface area contributed by atoms with Gasteiger partial charge in [0.25, 0.3) is 10.0 Å². The van der Waals surface area contributed by atoms with Gasteiger partial charge in [-0.05, 0) is 78.0 Å². The summed E-state index contributed by atoms with van der Waals surface area (Å²) in [5.74, 6) is -0.158. The van der Waals surface area contributed by atoms with Crippen LogP contribution in [0, 0.1) is 0 Å². The molecule has 1 aromatic carbocycles. The van der Waals surface area contributed by atoms with E-state index in [9.17, 15) is 18.0 Å². The highest BCUT2D eigenvalue weighted by molar-refractivity contribution is 7.89. The number of carbonyl (C=O) groups excluding carboxylic acids is 2. The molecule has 9 nitrogen and oxygen atoms in total. The molecule has 1 amide bonds. The molecule has 0 aromatic heterocycles. The minimum atomic E-state index is -4.21. The van der Waals surface area contributed by atoms with E-state index in [1.54, 1.807) is 41.5 Å². The van der Waals surface area contributed by atoms with Crippen LogP contribution < -0.4 is 4.74 Å². The van der Waals surface area contributed by atoms with Crippen LogP contribution in [0.3, 0.4) is 0 Å². The normalized spacial score (nSPS) is 15.0. The summed E-state index contributed by atoms with van der Waals surface area (Å²) in [4.78, 5) is 25.3. The number of esters is 1. The lowest BCUT2D eigenvalue weighted by Crippen LogP contribution is -2.48. The van der Waals surface area contributed by atoms with Crippen molar-refractivity contribution in [1.29, 1.82) is 0 Å². The van der Waals surface area contributed by atoms with Gasteiger partial charge in [0.1, 0.15) is 17.0 Å². The summed E-state index contributed by atoms with van der Waals surface area (Å²) in [7, 11) is -2.75. The zero-order chi connectivity index (χ0) is 24.3. The fraction of sp³-hybridized carbons (Fsp3) is 0.455. The van der Waals surface area contributed by atoms with E-state index in [0.717, 1.165) is 15.6 Å². The number of amides is 1. The van der Waals surface area contributed by atoms with Gasteiger partial charge in [-0.1, -0.05) is 0 Å². The Bertz CT molecular complexity index is 1010. The Labute approximate surface area is 189 Å². The number of hydrogen-bond donors (Lipinski definition) is 0. The lowest BCUT2D eigenvalue weighted by molar-refractivity contribution is -0.149. The standard InChI is InChI=1S/C22H30N2O7S/c1-21(2,3)30-19(25)16-12-14-23(20(26)31-22(4,5)6)24(15-13-16)32(27,28)18-10-8-17(29-7)9-11-18/h8-13,15H,14H2,1-7H3. The molecule has 0 atom stereocenters. The van der Waals surface area contributed by atoms with E-state index < -0.39 is 33.3 Å². The molecule has 176 valence electrons. The smallest absolute Gasteiger partial charge is 0.430 e. The molecule has 10 heteroatoms. The molecule has 0 spiro atoms. The Balaban J connectivity index is 2.48. The summed E-state index contributed by atoms with van der Waals surface area (Å²) < 4.78 is 43.3. The van der Waals surface area contributed by atoms with Crippen LogP contribution in [0.15, 0.2) is 53.1 Å². The number of ether oxygens (including phenoxy) is 3. The van der Waals surface area contributed by atoms with Crippen molar-refractivity contribution in [3.8, 4) is 5.75 Å². The third kappa shape index (κ3) is 6.49. The van der Waals surface area contributed by atoms with Gasteiger partial charge < -0.3 is 14.2 Å². The monoisotopic (exact) mass is 466 g/mol. The minimum absolute atomic E-state index is 0.0720. The topological polar surface area (TPSA) is 102 Å². The van der Waals surface area contributed by atoms with Crippen LogP contribution in [-0.2, 0) is 24.3 Å². The molecule has 1 aromatic rings. The zero-order valence-electron chi connectivity index (χ0n) is 19.4. The fourth-order valence-electron chi connectivity index (χ4n) is 2.58. The average Bonchev–Trinajstić information content (AvgIpc) is 2.89. The summed E-state index contributed by atoms with van der Waals surface area (Å²) in [5, 5.41) is 0.901. The molecule has 2 rings (SSSR count). The first-order chi connectivity index (χ1) is 14.6. The molecule has 1 aliphatic heterocycles. The van der Waals surface area contributed by atoms with Gasteiger partial charge in [0.15, 0.2) is 0 Å². The highest BCUT2D eigenvalue weighted by Gasteiger charge is 2.35. The zero-order valence-corrected chi connectivity index (χ0v) is 20.2. The molecule has 1 aliphatic rings. The third-order valence-electron chi connectivity index (χ3n) is 3.95. The first-order valence-corrected chi connectivity index (χ1v) is 11.4. The van der Waals surface area contributed by atoms with Crippen LogP contribution in [0.2, 0.25) is 0 Å². The molecule has 1 heterocycles. The van der Waals surface area contributed by atoms with Gasteiger partial charge in [-0.2, -0.15) is 12.8 Å². The maximum atomic E-state index is 13.4. The van der Waals surface area contributed by atoms with Crippen molar-refractivity contribution in [2.45, 2.75) is 57.6 Å². The SMILES string of the molecule is COc1ccc(S(=O)(=O)N2C=CC(C(=O)OC(C)(C)C)=CCN2C(=O)OC(C)(C)C)cc1. The predicted molar refractivity (Wildman–Crippen MR) is 118 cm³/mol. The van der Waals surface area contributed by atoms with E-state index in [2.05, 4.69) is 0 Å². The predicted octanol–water partition coefficient (Wildman–Crippen LogP) is 3.63. The average molecular weight is 467 g/mol. The number of hydrogen-bond acceptors (Lipinski definition) is 7. The Morgan fingerprint density at radius 3 is 2.00 bits per heavy atom. The highest BCUT2D eigenvalue weighted by atomic mass is 32.2. The summed E-state index contributed by atoms with van der Waals surface area (Å²) in [6.45, 7) is 9.94. The lowest BCUT2D eigenvalue weighted by Gasteiger charge is -2.33. The number of nitrogens with zero attached hydrogens (tertiary/aromatic N) is 2. The summed E-state index contributed by atoms with van der Waals surface area (Å²) in [6.07, 6.45) is 2.95. The number of methoxy groups -OCH3 is 1. The molecular formula is C22H30N2O7S. The van der Waals surface area contributed by atoms with Crippen LogP contribution in [0.25, 0.3) is 0 Å². The number of hydrazine groups is 1. The first kappa shape index (κ1) is 25.3. The van der Waals surface area contributed by atoms with Gasteiger partial charge in [-0.3, -0.25) is 0 Å². The van der Waals surface area contributed by atoms with Gasteiger partial charge in [0, 0.05) is 6.20 Å². The van der Waals surface area contributed by atoms with Crippen LogP contribution >= 0.6 is 0 Å². The van der Waals surface area contributed by atoms with Crippen LogP contribution in [0.1, 0.15) is 41.5 Å². The molecule has 0 bridgehead atoms. The molecule has 0 saturated heterocycles. The first-order valence-electron chi connectivity index (χ1n) is 9.95. The van der Waals surface area contributed by atoms with Crippen LogP contribution in [0.5, 0.6) is 5.75 Å². The van der Waals surface area contributed by atoms with E-state index in [1.165, 1.54) is 43.5 Å². The molecule has 0 radical (unpaired) electrons. The molecule has 0 saturated carbocycles. The van der Waals surface area contributed by atoms with E-state index in [-0.39, 0.29) is 17.0 Å². The Morgan fingerprint density at radius 2 is 1.50 bits per heavy atom. The maximum absolute atomic E-state index is 13.4. The van der Waals surface area contributed by atoms with Crippen molar-refractivity contribution in [2.75, 3.05) is 13.7 Å². The highest BCUT2D eigenvalue weighted by Crippen LogP contribution is 2.25. The summed E-state index contributed by atoms with van der Waals surface area (Å²) in [5.41, 5.74) is -1.49. The van der Waals surface area contributed by atoms with Crippen molar-refractivity contribution in [2.24, 2.45) is 0 Å². The van der Waals surface area contributed by atoms with Crippen LogP contribution in [-0.4, -0.2) is 54.8 Å². The lowest BCUT2D eigenvalue weighted by atomic mass is 10.2. The number of sulfonamides is 1. The van der Waals surface area contributed by atoms with Gasteiger partial charge in [-0.25, -0.2) is 14.6 Å².